The van der Waals surface area contributed by atoms with E-state index in [1.165, 1.54) is 24.7 Å². The van der Waals surface area contributed by atoms with Gasteiger partial charge in [0.2, 0.25) is 0 Å². The molecule has 0 unspecified atom stereocenters. The van der Waals surface area contributed by atoms with Crippen LogP contribution in [-0.2, 0) is 9.31 Å². The van der Waals surface area contributed by atoms with Crippen molar-refractivity contribution in [3.63, 3.8) is 0 Å². The Hall–Kier alpha value is 0.524. The summed E-state index contributed by atoms with van der Waals surface area (Å²) in [5, 5.41) is 0. The molecule has 0 aliphatic carbocycles. The maximum absolute atomic E-state index is 6.66. The fraction of sp³-hybridized carbons (Fsp3) is 0.923. The van der Waals surface area contributed by atoms with Crippen LogP contribution in [0.3, 0.4) is 0 Å². The molecule has 1 fully saturated rings. The summed E-state index contributed by atoms with van der Waals surface area (Å²) < 4.78 is 15.9. The molecule has 0 amide bonds. The number of hydrogen-bond donors (Lipinski definition) is 0. The number of rotatable bonds is 6. The Balaban J connectivity index is 3.84. The van der Waals surface area contributed by atoms with Crippen molar-refractivity contribution in [3.8, 4) is 0 Å². The average molecular weight is 527 g/mol. The van der Waals surface area contributed by atoms with E-state index in [1.807, 2.05) is 0 Å². The zero-order valence-electron chi connectivity index (χ0n) is 23.2. The molecule has 1 aliphatic heterocycles. The van der Waals surface area contributed by atoms with E-state index in [4.69, 9.17) is 9.31 Å². The Morgan fingerprint density at radius 3 is 1.40 bits per heavy atom. The van der Waals surface area contributed by atoms with Crippen molar-refractivity contribution in [2.24, 2.45) is 0 Å². The zero-order chi connectivity index (χ0) is 24.0. The first-order chi connectivity index (χ1) is 13.2. The summed E-state index contributed by atoms with van der Waals surface area (Å²) in [6.45, 7) is 36.1. The normalized spacial score (nSPS) is 21.1. The molecule has 0 bridgehead atoms. The monoisotopic (exact) mass is 528 g/mol. The molecule has 2 nitrogen and oxygen atoms in total. The quantitative estimate of drug-likeness (QED) is 0.254. The van der Waals surface area contributed by atoms with Gasteiger partial charge in [-0.1, -0.05) is 0 Å². The van der Waals surface area contributed by atoms with E-state index in [0.29, 0.717) is 0 Å². The number of allylic oxidation sites excluding steroid dienone is 2. The van der Waals surface area contributed by atoms with Gasteiger partial charge in [-0.3, -0.25) is 0 Å². The molecular weight excluding hydrogens is 474 g/mol. The van der Waals surface area contributed by atoms with Gasteiger partial charge in [0.05, 0.1) is 0 Å². The zero-order valence-corrected chi connectivity index (χ0v) is 26.1. The summed E-state index contributed by atoms with van der Waals surface area (Å²) in [5.41, 5.74) is 0.881. The molecule has 1 heterocycles. The molecule has 0 saturated carbocycles. The molecule has 0 atom stereocenters. The van der Waals surface area contributed by atoms with E-state index in [2.05, 4.69) is 104 Å². The van der Waals surface area contributed by atoms with Crippen LogP contribution in [0.5, 0.6) is 0 Å². The van der Waals surface area contributed by atoms with Gasteiger partial charge in [-0.25, -0.2) is 0 Å². The van der Waals surface area contributed by atoms with Crippen LogP contribution in [0.1, 0.15) is 130 Å². The van der Waals surface area contributed by atoms with Gasteiger partial charge in [0.15, 0.2) is 0 Å². The van der Waals surface area contributed by atoms with Crippen LogP contribution in [0.15, 0.2) is 9.06 Å². The minimum atomic E-state index is -3.11. The predicted molar refractivity (Wildman–Crippen MR) is 138 cm³/mol. The molecular formula is C26H53BO2Sn. The van der Waals surface area contributed by atoms with Crippen LogP contribution in [0, 0.1) is 0 Å². The van der Waals surface area contributed by atoms with E-state index < -0.39 is 18.4 Å². The van der Waals surface area contributed by atoms with Gasteiger partial charge in [0.25, 0.3) is 0 Å². The molecule has 1 rings (SSSR count). The third-order valence-electron chi connectivity index (χ3n) is 8.01. The third-order valence-corrected chi connectivity index (χ3v) is 31.4. The molecule has 30 heavy (non-hydrogen) atoms. The van der Waals surface area contributed by atoms with Gasteiger partial charge in [-0.2, -0.15) is 0 Å². The molecule has 1 saturated heterocycles. The fourth-order valence-corrected chi connectivity index (χ4v) is 38.3. The second kappa shape index (κ2) is 9.05. The van der Waals surface area contributed by atoms with Gasteiger partial charge in [-0.15, -0.1) is 0 Å². The van der Waals surface area contributed by atoms with Crippen molar-refractivity contribution in [1.29, 1.82) is 0 Å². The van der Waals surface area contributed by atoms with Gasteiger partial charge in [0, 0.05) is 0 Å². The Morgan fingerprint density at radius 1 is 0.733 bits per heavy atom. The van der Waals surface area contributed by atoms with Crippen molar-refractivity contribution in [1.82, 2.24) is 0 Å². The van der Waals surface area contributed by atoms with E-state index in [9.17, 15) is 0 Å². The van der Waals surface area contributed by atoms with E-state index in [0.717, 1.165) is 6.42 Å². The second-order valence-electron chi connectivity index (χ2n) is 13.7. The van der Waals surface area contributed by atoms with E-state index >= 15 is 0 Å². The van der Waals surface area contributed by atoms with Crippen molar-refractivity contribution >= 4 is 25.5 Å². The van der Waals surface area contributed by atoms with E-state index in [1.54, 1.807) is 3.59 Å². The Bertz CT molecular complexity index is 575. The topological polar surface area (TPSA) is 18.5 Å². The molecule has 0 N–H and O–H groups in total. The van der Waals surface area contributed by atoms with Crippen LogP contribution < -0.4 is 0 Å². The average Bonchev–Trinajstić information content (AvgIpc) is 2.67. The number of hydrogen-bond acceptors (Lipinski definition) is 2. The van der Waals surface area contributed by atoms with Crippen molar-refractivity contribution in [3.05, 3.63) is 9.06 Å². The molecule has 4 heteroatoms. The number of unbranched alkanes of at least 4 members (excludes halogenated alkanes) is 2. The van der Waals surface area contributed by atoms with Crippen LogP contribution in [0.25, 0.3) is 0 Å². The van der Waals surface area contributed by atoms with Crippen LogP contribution in [-0.4, -0.2) is 36.7 Å². The molecule has 0 aromatic carbocycles. The van der Waals surface area contributed by atoms with Crippen molar-refractivity contribution in [2.75, 3.05) is 0 Å². The molecule has 0 radical (unpaired) electrons. The predicted octanol–water partition coefficient (Wildman–Crippen LogP) is 8.90. The van der Waals surface area contributed by atoms with E-state index in [-0.39, 0.29) is 28.6 Å². The van der Waals surface area contributed by atoms with Crippen molar-refractivity contribution in [2.45, 2.75) is 151 Å². The van der Waals surface area contributed by atoms with Gasteiger partial charge in [-0.05, 0) is 0 Å². The SMILES string of the molecule is CCCCC/C(B1OC(C)(C)C(C)(C)O1)=[C](\C)[Sn]([C](C)(C)C)([C](C)(C)C)[C](C)(C)C. The maximum atomic E-state index is 6.66. The Labute approximate surface area is 194 Å². The molecule has 0 aromatic heterocycles. The first-order valence-electron chi connectivity index (χ1n) is 12.2. The van der Waals surface area contributed by atoms with Crippen LogP contribution in [0.4, 0.5) is 0 Å². The van der Waals surface area contributed by atoms with Crippen molar-refractivity contribution < 1.29 is 9.31 Å². The van der Waals surface area contributed by atoms with Crippen LogP contribution >= 0.6 is 0 Å². The summed E-state index contributed by atoms with van der Waals surface area (Å²) in [4.78, 5) is 0. The van der Waals surface area contributed by atoms with Crippen LogP contribution in [0.2, 0.25) is 10.3 Å². The summed E-state index contributed by atoms with van der Waals surface area (Å²) >= 11 is -3.11. The van der Waals surface area contributed by atoms with Gasteiger partial charge < -0.3 is 0 Å². The summed E-state index contributed by atoms with van der Waals surface area (Å²) in [6.07, 6.45) is 4.81. The minimum absolute atomic E-state index is 0.213. The molecule has 0 spiro atoms. The summed E-state index contributed by atoms with van der Waals surface area (Å²) in [5.74, 6) is 0. The standard InChI is InChI=1S/C14H26BO2.3C4H9.Sn/c1-7-9-10-11-12(8-2)15-16-13(3,4)14(5,6)17-15;3*1-4(2)3;/h7,9-11H2,1-6H3;3*1-3H3;. The first kappa shape index (κ1) is 28.6. The third kappa shape index (κ3) is 5.03. The van der Waals surface area contributed by atoms with Gasteiger partial charge in [0.1, 0.15) is 0 Å². The molecule has 1 aliphatic rings. The Morgan fingerprint density at radius 2 is 1.10 bits per heavy atom. The molecule has 0 aromatic rings. The molecule has 176 valence electrons. The van der Waals surface area contributed by atoms with Gasteiger partial charge >= 0.3 is 195 Å². The Kier molecular flexibility index (Phi) is 8.61. The second-order valence-corrected chi connectivity index (χ2v) is 33.0. The summed E-state index contributed by atoms with van der Waals surface area (Å²) in [7, 11) is -0.213. The first-order valence-corrected chi connectivity index (χ1v) is 17.9. The summed E-state index contributed by atoms with van der Waals surface area (Å²) in [6, 6.07) is 0. The fourth-order valence-electron chi connectivity index (χ4n) is 7.34.